The first kappa shape index (κ1) is 20.7. The number of aliphatic hydroxyl groups is 1. The highest BCUT2D eigenvalue weighted by molar-refractivity contribution is 6.32. The van der Waals surface area contributed by atoms with E-state index in [1.54, 1.807) is 18.2 Å². The number of carbonyl (C=O) groups is 1. The summed E-state index contributed by atoms with van der Waals surface area (Å²) in [7, 11) is 0. The average Bonchev–Trinajstić information content (AvgIpc) is 2.55. The number of amides is 1. The van der Waals surface area contributed by atoms with E-state index < -0.39 is 18.1 Å². The van der Waals surface area contributed by atoms with Crippen LogP contribution in [-0.2, 0) is 4.79 Å². The lowest BCUT2D eigenvalue weighted by Crippen LogP contribution is -2.51. The number of hydrogen-bond donors (Lipinski definition) is 3. The van der Waals surface area contributed by atoms with Crippen molar-refractivity contribution in [3.8, 4) is 5.75 Å². The van der Waals surface area contributed by atoms with Gasteiger partial charge in [-0.1, -0.05) is 50.6 Å². The Morgan fingerprint density at radius 2 is 1.96 bits per heavy atom. The first-order valence-electron chi connectivity index (χ1n) is 8.54. The molecular weight excluding hydrogens is 328 g/mol. The van der Waals surface area contributed by atoms with Gasteiger partial charge in [0.15, 0.2) is 0 Å². The fourth-order valence-corrected chi connectivity index (χ4v) is 2.34. The molecule has 1 atom stereocenters. The SMILES string of the molecule is CCCCCCCCOc1ccc(NC(=O)C(C)(N)CO)cc1Cl. The van der Waals surface area contributed by atoms with Gasteiger partial charge in [-0.2, -0.15) is 0 Å². The second kappa shape index (κ2) is 10.5. The highest BCUT2D eigenvalue weighted by atomic mass is 35.5. The van der Waals surface area contributed by atoms with Gasteiger partial charge in [-0.3, -0.25) is 4.79 Å². The Hall–Kier alpha value is -1.30. The summed E-state index contributed by atoms with van der Waals surface area (Å²) in [6.07, 6.45) is 7.20. The largest absolute Gasteiger partial charge is 0.492 e. The lowest BCUT2D eigenvalue weighted by molar-refractivity contribution is -0.121. The fourth-order valence-electron chi connectivity index (χ4n) is 2.11. The second-order valence-electron chi connectivity index (χ2n) is 6.29. The summed E-state index contributed by atoms with van der Waals surface area (Å²) < 4.78 is 5.68. The first-order chi connectivity index (χ1) is 11.4. The van der Waals surface area contributed by atoms with Gasteiger partial charge in [0, 0.05) is 5.69 Å². The van der Waals surface area contributed by atoms with E-state index in [1.165, 1.54) is 32.6 Å². The molecule has 0 radical (unpaired) electrons. The van der Waals surface area contributed by atoms with Crippen molar-refractivity contribution in [2.75, 3.05) is 18.5 Å². The molecule has 0 aliphatic carbocycles. The minimum atomic E-state index is -1.33. The summed E-state index contributed by atoms with van der Waals surface area (Å²) in [4.78, 5) is 11.9. The Labute approximate surface area is 149 Å². The summed E-state index contributed by atoms with van der Waals surface area (Å²) >= 11 is 6.19. The minimum absolute atomic E-state index is 0.432. The van der Waals surface area contributed by atoms with Crippen LogP contribution in [0, 0.1) is 0 Å². The van der Waals surface area contributed by atoms with Gasteiger partial charge >= 0.3 is 0 Å². The van der Waals surface area contributed by atoms with Gasteiger partial charge in [0.2, 0.25) is 5.91 Å². The predicted octanol–water partition coefficient (Wildman–Crippen LogP) is 3.73. The van der Waals surface area contributed by atoms with Crippen molar-refractivity contribution >= 4 is 23.2 Å². The molecule has 0 spiro atoms. The van der Waals surface area contributed by atoms with Crippen LogP contribution in [0.1, 0.15) is 52.4 Å². The maximum atomic E-state index is 11.9. The summed E-state index contributed by atoms with van der Waals surface area (Å²) in [5.74, 6) is 0.128. The third-order valence-electron chi connectivity index (χ3n) is 3.79. The normalized spacial score (nSPS) is 13.4. The molecule has 1 aromatic carbocycles. The van der Waals surface area contributed by atoms with Crippen LogP contribution >= 0.6 is 11.6 Å². The molecule has 0 saturated carbocycles. The van der Waals surface area contributed by atoms with E-state index in [1.807, 2.05) is 0 Å². The van der Waals surface area contributed by atoms with Crippen molar-refractivity contribution < 1.29 is 14.6 Å². The number of nitrogens with one attached hydrogen (secondary N) is 1. The summed E-state index contributed by atoms with van der Waals surface area (Å²) in [5.41, 5.74) is 4.86. The van der Waals surface area contributed by atoms with Crippen LogP contribution in [0.4, 0.5) is 5.69 Å². The number of halogens is 1. The molecule has 5 nitrogen and oxygen atoms in total. The van der Waals surface area contributed by atoms with Crippen molar-refractivity contribution in [3.63, 3.8) is 0 Å². The molecule has 0 saturated heterocycles. The van der Waals surface area contributed by atoms with Gasteiger partial charge in [0.1, 0.15) is 11.3 Å². The maximum Gasteiger partial charge on any atom is 0.246 e. The van der Waals surface area contributed by atoms with Crippen LogP contribution < -0.4 is 15.8 Å². The van der Waals surface area contributed by atoms with Crippen LogP contribution in [0.3, 0.4) is 0 Å². The Bertz CT molecular complexity index is 521. The number of ether oxygens (including phenoxy) is 1. The second-order valence-corrected chi connectivity index (χ2v) is 6.70. The molecule has 0 fully saturated rings. The zero-order valence-corrected chi connectivity index (χ0v) is 15.4. The number of nitrogens with two attached hydrogens (primary N) is 1. The van der Waals surface area contributed by atoms with Gasteiger partial charge in [-0.05, 0) is 31.5 Å². The topological polar surface area (TPSA) is 84.6 Å². The van der Waals surface area contributed by atoms with E-state index in [0.717, 1.165) is 12.8 Å². The third-order valence-corrected chi connectivity index (χ3v) is 4.09. The van der Waals surface area contributed by atoms with E-state index in [0.29, 0.717) is 23.1 Å². The first-order valence-corrected chi connectivity index (χ1v) is 8.92. The van der Waals surface area contributed by atoms with Crippen molar-refractivity contribution in [3.05, 3.63) is 23.2 Å². The lowest BCUT2D eigenvalue weighted by Gasteiger charge is -2.20. The van der Waals surface area contributed by atoms with Crippen molar-refractivity contribution in [2.45, 2.75) is 57.9 Å². The Morgan fingerprint density at radius 1 is 1.29 bits per heavy atom. The summed E-state index contributed by atoms with van der Waals surface area (Å²) in [6, 6.07) is 5.04. The molecule has 0 aliphatic rings. The molecule has 1 rings (SSSR count). The molecule has 0 heterocycles. The smallest absolute Gasteiger partial charge is 0.246 e. The van der Waals surface area contributed by atoms with Crippen LogP contribution in [0.15, 0.2) is 18.2 Å². The standard InChI is InChI=1S/C18H29ClN2O3/c1-3-4-5-6-7-8-11-24-16-10-9-14(12-15(16)19)21-17(23)18(2,20)13-22/h9-10,12,22H,3-8,11,13,20H2,1-2H3,(H,21,23). The van der Waals surface area contributed by atoms with Crippen LogP contribution in [0.5, 0.6) is 5.75 Å². The van der Waals surface area contributed by atoms with Gasteiger partial charge in [0.05, 0.1) is 18.2 Å². The zero-order chi connectivity index (χ0) is 18.0. The number of anilines is 1. The van der Waals surface area contributed by atoms with Crippen molar-refractivity contribution in [2.24, 2.45) is 5.73 Å². The van der Waals surface area contributed by atoms with Crippen molar-refractivity contribution in [1.29, 1.82) is 0 Å². The average molecular weight is 357 g/mol. The number of aliphatic hydroxyl groups excluding tert-OH is 1. The molecule has 0 aromatic heterocycles. The van der Waals surface area contributed by atoms with E-state index in [9.17, 15) is 4.79 Å². The van der Waals surface area contributed by atoms with E-state index >= 15 is 0 Å². The minimum Gasteiger partial charge on any atom is -0.492 e. The lowest BCUT2D eigenvalue weighted by atomic mass is 10.0. The Balaban J connectivity index is 2.43. The molecule has 4 N–H and O–H groups in total. The molecule has 24 heavy (non-hydrogen) atoms. The highest BCUT2D eigenvalue weighted by Gasteiger charge is 2.27. The van der Waals surface area contributed by atoms with Crippen LogP contribution in [0.2, 0.25) is 5.02 Å². The summed E-state index contributed by atoms with van der Waals surface area (Å²) in [5, 5.41) is 12.2. The maximum absolute atomic E-state index is 11.9. The van der Waals surface area contributed by atoms with Crippen LogP contribution in [0.25, 0.3) is 0 Å². The molecule has 6 heteroatoms. The zero-order valence-electron chi connectivity index (χ0n) is 14.6. The fraction of sp³-hybridized carbons (Fsp3) is 0.611. The van der Waals surface area contributed by atoms with Crippen LogP contribution in [-0.4, -0.2) is 29.8 Å². The van der Waals surface area contributed by atoms with E-state index in [4.69, 9.17) is 27.2 Å². The van der Waals surface area contributed by atoms with E-state index in [2.05, 4.69) is 12.2 Å². The molecule has 1 aromatic rings. The molecular formula is C18H29ClN2O3. The van der Waals surface area contributed by atoms with Crippen molar-refractivity contribution in [1.82, 2.24) is 0 Å². The van der Waals surface area contributed by atoms with Gasteiger partial charge in [-0.25, -0.2) is 0 Å². The van der Waals surface area contributed by atoms with Gasteiger partial charge < -0.3 is 20.9 Å². The molecule has 1 unspecified atom stereocenters. The molecule has 0 bridgehead atoms. The third kappa shape index (κ3) is 7.07. The molecule has 0 aliphatic heterocycles. The van der Waals surface area contributed by atoms with E-state index in [-0.39, 0.29) is 0 Å². The Kier molecular flexibility index (Phi) is 9.11. The highest BCUT2D eigenvalue weighted by Crippen LogP contribution is 2.28. The Morgan fingerprint density at radius 3 is 2.58 bits per heavy atom. The monoisotopic (exact) mass is 356 g/mol. The number of carbonyl (C=O) groups excluding carboxylic acids is 1. The number of unbranched alkanes of at least 4 members (excludes halogenated alkanes) is 5. The van der Waals surface area contributed by atoms with Gasteiger partial charge in [0.25, 0.3) is 0 Å². The molecule has 136 valence electrons. The number of hydrogen-bond acceptors (Lipinski definition) is 4. The molecule has 1 amide bonds. The summed E-state index contributed by atoms with van der Waals surface area (Å²) in [6.45, 7) is 3.85. The predicted molar refractivity (Wildman–Crippen MR) is 98.6 cm³/mol. The quantitative estimate of drug-likeness (QED) is 0.527. The number of benzene rings is 1. The van der Waals surface area contributed by atoms with Gasteiger partial charge in [-0.15, -0.1) is 0 Å². The number of rotatable bonds is 11.